The molecule has 0 saturated carbocycles. The molecule has 0 aliphatic heterocycles. The average molecular weight is 135 g/mol. The Kier molecular flexibility index (Phi) is 5.34. The van der Waals surface area contributed by atoms with Gasteiger partial charge in [-0.15, -0.1) is 0 Å². The van der Waals surface area contributed by atoms with E-state index >= 15 is 0 Å². The second-order valence-electron chi connectivity index (χ2n) is 1.60. The molecule has 0 amide bonds. The lowest BCUT2D eigenvalue weighted by molar-refractivity contribution is -0.140. The molecule has 0 radical (unpaired) electrons. The molecule has 2 atom stereocenters. The van der Waals surface area contributed by atoms with Gasteiger partial charge in [0, 0.05) is 0 Å². The normalized spacial score (nSPS) is 15.4. The van der Waals surface area contributed by atoms with Crippen LogP contribution in [0.5, 0.6) is 0 Å². The smallest absolute Gasteiger partial charge is 0.323 e. The van der Waals surface area contributed by atoms with E-state index in [1.165, 1.54) is 6.92 Å². The predicted molar refractivity (Wildman–Crippen MR) is 34.0 cm³/mol. The van der Waals surface area contributed by atoms with Crippen molar-refractivity contribution in [2.45, 2.75) is 26.5 Å². The number of hydrogen-bond donors (Lipinski definition) is 3. The predicted octanol–water partition coefficient (Wildman–Crippen LogP) is -0.585. The Hall–Kier alpha value is -0.610. The molecule has 0 aromatic heterocycles. The summed E-state index contributed by atoms with van der Waals surface area (Å²) in [6.07, 6.45) is -0.979. The van der Waals surface area contributed by atoms with Crippen molar-refractivity contribution in [1.29, 1.82) is 0 Å². The van der Waals surface area contributed by atoms with Crippen molar-refractivity contribution < 1.29 is 15.0 Å². The number of carboxylic acid groups (broad SMARTS) is 1. The number of aliphatic carboxylic acids is 1. The van der Waals surface area contributed by atoms with Crippen LogP contribution in [0.1, 0.15) is 14.4 Å². The number of carboxylic acids is 1. The fourth-order valence-electron chi connectivity index (χ4n) is 0.206. The van der Waals surface area contributed by atoms with Gasteiger partial charge >= 0.3 is 5.97 Å². The van der Waals surface area contributed by atoms with Crippen molar-refractivity contribution in [1.82, 2.24) is 0 Å². The highest BCUT2D eigenvalue weighted by Crippen LogP contribution is 1.85. The van der Waals surface area contributed by atoms with Crippen LogP contribution in [0.2, 0.25) is 0 Å². The molecule has 0 fully saturated rings. The van der Waals surface area contributed by atoms with E-state index in [1.54, 1.807) is 0 Å². The van der Waals surface area contributed by atoms with E-state index in [-0.39, 0.29) is 7.43 Å². The molecular formula is C5H13NO3. The molecule has 0 unspecified atom stereocenters. The van der Waals surface area contributed by atoms with Crippen LogP contribution >= 0.6 is 0 Å². The van der Waals surface area contributed by atoms with Crippen LogP contribution in [0, 0.1) is 0 Å². The van der Waals surface area contributed by atoms with E-state index in [0.717, 1.165) is 0 Å². The van der Waals surface area contributed by atoms with Crippen LogP contribution in [0.3, 0.4) is 0 Å². The van der Waals surface area contributed by atoms with E-state index in [1.807, 2.05) is 0 Å². The van der Waals surface area contributed by atoms with E-state index in [9.17, 15) is 4.79 Å². The van der Waals surface area contributed by atoms with Crippen molar-refractivity contribution in [3.05, 3.63) is 0 Å². The first-order chi connectivity index (χ1) is 3.55. The van der Waals surface area contributed by atoms with Crippen LogP contribution in [-0.2, 0) is 4.79 Å². The van der Waals surface area contributed by atoms with Gasteiger partial charge in [0.15, 0.2) is 0 Å². The van der Waals surface area contributed by atoms with E-state index < -0.39 is 18.1 Å². The Morgan fingerprint density at radius 1 is 1.67 bits per heavy atom. The zero-order valence-electron chi connectivity index (χ0n) is 4.53. The Balaban J connectivity index is 0. The molecule has 0 heterocycles. The molecule has 4 nitrogen and oxygen atoms in total. The standard InChI is InChI=1S/C4H9NO3.CH4/c1-2(6)3(5)4(7)8;/h2-3,6H,5H2,1H3,(H,7,8);1H4/t2-,3+;/m0./s1. The molecule has 0 rings (SSSR count). The molecule has 4 heteroatoms. The molecule has 0 aliphatic rings. The van der Waals surface area contributed by atoms with Crippen LogP contribution < -0.4 is 5.73 Å². The molecule has 0 saturated heterocycles. The number of aliphatic hydroxyl groups excluding tert-OH is 1. The second-order valence-corrected chi connectivity index (χ2v) is 1.60. The molecular weight excluding hydrogens is 122 g/mol. The summed E-state index contributed by atoms with van der Waals surface area (Å²) in [5.74, 6) is -1.18. The molecule has 4 N–H and O–H groups in total. The number of rotatable bonds is 2. The molecule has 0 aromatic rings. The molecule has 9 heavy (non-hydrogen) atoms. The monoisotopic (exact) mass is 135 g/mol. The third-order valence-electron chi connectivity index (χ3n) is 0.805. The molecule has 0 bridgehead atoms. The van der Waals surface area contributed by atoms with Crippen molar-refractivity contribution in [2.75, 3.05) is 0 Å². The molecule has 56 valence electrons. The highest BCUT2D eigenvalue weighted by molar-refractivity contribution is 5.73. The van der Waals surface area contributed by atoms with Gasteiger partial charge in [-0.1, -0.05) is 7.43 Å². The lowest BCUT2D eigenvalue weighted by Crippen LogP contribution is -2.39. The minimum absolute atomic E-state index is 0. The zero-order chi connectivity index (χ0) is 6.73. The van der Waals surface area contributed by atoms with Gasteiger partial charge in [-0.3, -0.25) is 4.79 Å². The number of hydrogen-bond acceptors (Lipinski definition) is 3. The first-order valence-corrected chi connectivity index (χ1v) is 2.22. The molecule has 0 spiro atoms. The minimum atomic E-state index is -1.18. The average Bonchev–Trinajstić information content (AvgIpc) is 1.64. The van der Waals surface area contributed by atoms with Crippen molar-refractivity contribution in [3.8, 4) is 0 Å². The first kappa shape index (κ1) is 11.2. The summed E-state index contributed by atoms with van der Waals surface area (Å²) in [6, 6.07) is -1.16. The Morgan fingerprint density at radius 3 is 2.00 bits per heavy atom. The number of nitrogens with two attached hydrogens (primary N) is 1. The van der Waals surface area contributed by atoms with Gasteiger partial charge in [0.25, 0.3) is 0 Å². The van der Waals surface area contributed by atoms with Crippen LogP contribution in [0.15, 0.2) is 0 Å². The largest absolute Gasteiger partial charge is 0.480 e. The molecule has 0 aliphatic carbocycles. The highest BCUT2D eigenvalue weighted by Gasteiger charge is 2.16. The summed E-state index contributed by atoms with van der Waals surface area (Å²) in [6.45, 7) is 1.33. The Bertz CT molecular complexity index is 92.2. The summed E-state index contributed by atoms with van der Waals surface area (Å²) < 4.78 is 0. The summed E-state index contributed by atoms with van der Waals surface area (Å²) in [5, 5.41) is 16.6. The maximum absolute atomic E-state index is 9.86. The van der Waals surface area contributed by atoms with Crippen molar-refractivity contribution >= 4 is 5.97 Å². The van der Waals surface area contributed by atoms with Gasteiger partial charge in [0.1, 0.15) is 6.04 Å². The lowest BCUT2D eigenvalue weighted by atomic mass is 10.2. The number of carbonyl (C=O) groups is 1. The van der Waals surface area contributed by atoms with Gasteiger partial charge in [-0.2, -0.15) is 0 Å². The maximum Gasteiger partial charge on any atom is 0.323 e. The SMILES string of the molecule is C.C[C@H](O)[C@@H](N)C(=O)O. The molecule has 0 aromatic carbocycles. The summed E-state index contributed by atoms with van der Waals surface area (Å²) in [7, 11) is 0. The van der Waals surface area contributed by atoms with E-state index in [4.69, 9.17) is 15.9 Å². The minimum Gasteiger partial charge on any atom is -0.480 e. The van der Waals surface area contributed by atoms with E-state index in [0.29, 0.717) is 0 Å². The Morgan fingerprint density at radius 2 is 2.00 bits per heavy atom. The topological polar surface area (TPSA) is 83.5 Å². The summed E-state index contributed by atoms with van der Waals surface area (Å²) in [5.41, 5.74) is 4.91. The zero-order valence-corrected chi connectivity index (χ0v) is 4.53. The fraction of sp³-hybridized carbons (Fsp3) is 0.800. The lowest BCUT2D eigenvalue weighted by Gasteiger charge is -2.06. The second kappa shape index (κ2) is 4.29. The van der Waals surface area contributed by atoms with Gasteiger partial charge in [-0.25, -0.2) is 0 Å². The van der Waals surface area contributed by atoms with E-state index in [2.05, 4.69) is 0 Å². The van der Waals surface area contributed by atoms with Gasteiger partial charge < -0.3 is 15.9 Å². The third kappa shape index (κ3) is 3.93. The Labute approximate surface area is 54.3 Å². The maximum atomic E-state index is 9.86. The quantitative estimate of drug-likeness (QED) is 0.472. The van der Waals surface area contributed by atoms with Crippen molar-refractivity contribution in [2.24, 2.45) is 5.73 Å². The highest BCUT2D eigenvalue weighted by atomic mass is 16.4. The van der Waals surface area contributed by atoms with Crippen LogP contribution in [0.25, 0.3) is 0 Å². The first-order valence-electron chi connectivity index (χ1n) is 2.22. The number of aliphatic hydroxyl groups is 1. The van der Waals surface area contributed by atoms with Crippen LogP contribution in [0.4, 0.5) is 0 Å². The van der Waals surface area contributed by atoms with Gasteiger partial charge in [0.05, 0.1) is 6.10 Å². The van der Waals surface area contributed by atoms with Crippen molar-refractivity contribution in [3.63, 3.8) is 0 Å². The summed E-state index contributed by atoms with van der Waals surface area (Å²) >= 11 is 0. The summed E-state index contributed by atoms with van der Waals surface area (Å²) in [4.78, 5) is 9.86. The van der Waals surface area contributed by atoms with Crippen LogP contribution in [-0.4, -0.2) is 28.3 Å². The fourth-order valence-corrected chi connectivity index (χ4v) is 0.206. The third-order valence-corrected chi connectivity index (χ3v) is 0.805. The van der Waals surface area contributed by atoms with Gasteiger partial charge in [-0.05, 0) is 6.92 Å². The van der Waals surface area contributed by atoms with Gasteiger partial charge in [0.2, 0.25) is 0 Å².